The summed E-state index contributed by atoms with van der Waals surface area (Å²) in [4.78, 5) is 21.5. The third kappa shape index (κ3) is 3.28. The Balaban J connectivity index is 2.16. The van der Waals surface area contributed by atoms with E-state index in [1.54, 1.807) is 12.1 Å². The Morgan fingerprint density at radius 2 is 1.76 bits per heavy atom. The summed E-state index contributed by atoms with van der Waals surface area (Å²) >= 11 is 0. The van der Waals surface area contributed by atoms with Crippen molar-refractivity contribution in [1.82, 2.24) is 0 Å². The van der Waals surface area contributed by atoms with Crippen molar-refractivity contribution >= 4 is 11.9 Å². The Morgan fingerprint density at radius 1 is 1.10 bits per heavy atom. The number of nitrogens with zero attached hydrogens (tertiary/aromatic N) is 1. The second-order valence-corrected chi connectivity index (χ2v) is 4.40. The molecule has 0 aliphatic rings. The Hall–Kier alpha value is -3.07. The monoisotopic (exact) mass is 285 g/mol. The first-order valence-electron chi connectivity index (χ1n) is 6.06. The number of carboxylic acid groups (broad SMARTS) is 2. The van der Waals surface area contributed by atoms with Crippen LogP contribution < -0.4 is 0 Å². The van der Waals surface area contributed by atoms with Crippen LogP contribution in [0.25, 0.3) is 0 Å². The van der Waals surface area contributed by atoms with Gasteiger partial charge >= 0.3 is 11.9 Å². The molecule has 0 amide bonds. The number of nitriles is 1. The van der Waals surface area contributed by atoms with Gasteiger partial charge in [0.05, 0.1) is 11.6 Å². The highest BCUT2D eigenvalue weighted by molar-refractivity contribution is 5.87. The van der Waals surface area contributed by atoms with E-state index in [4.69, 9.17) is 14.6 Å². The van der Waals surface area contributed by atoms with Crippen LogP contribution in [0.15, 0.2) is 40.8 Å². The summed E-state index contributed by atoms with van der Waals surface area (Å²) in [7, 11) is 0. The summed E-state index contributed by atoms with van der Waals surface area (Å²) in [6.07, 6.45) is 0.309. The van der Waals surface area contributed by atoms with E-state index in [0.717, 1.165) is 5.56 Å². The molecule has 2 rings (SSSR count). The largest absolute Gasteiger partial charge is 0.478 e. The molecular formula is C15H11NO5. The van der Waals surface area contributed by atoms with E-state index in [1.165, 1.54) is 24.3 Å². The van der Waals surface area contributed by atoms with Crippen LogP contribution in [0.5, 0.6) is 0 Å². The summed E-state index contributed by atoms with van der Waals surface area (Å²) in [5.74, 6) is -2.78. The molecule has 1 heterocycles. The predicted molar refractivity (Wildman–Crippen MR) is 71.1 cm³/mol. The van der Waals surface area contributed by atoms with Crippen molar-refractivity contribution in [2.75, 3.05) is 0 Å². The Morgan fingerprint density at radius 3 is 2.24 bits per heavy atom. The van der Waals surface area contributed by atoms with Crippen molar-refractivity contribution in [2.24, 2.45) is 0 Å². The van der Waals surface area contributed by atoms with E-state index in [-0.39, 0.29) is 17.1 Å². The first-order chi connectivity index (χ1) is 10.0. The molecule has 2 aromatic rings. The average Bonchev–Trinajstić information content (AvgIpc) is 2.95. The molecule has 6 heteroatoms. The number of carboxylic acids is 2. The quantitative estimate of drug-likeness (QED) is 0.873. The Kier molecular flexibility index (Phi) is 4.05. The number of hydrogen-bond acceptors (Lipinski definition) is 4. The molecule has 1 unspecified atom stereocenters. The van der Waals surface area contributed by atoms with Crippen LogP contribution in [0.1, 0.15) is 38.2 Å². The lowest BCUT2D eigenvalue weighted by Crippen LogP contribution is -2.01. The fourth-order valence-corrected chi connectivity index (χ4v) is 1.88. The lowest BCUT2D eigenvalue weighted by molar-refractivity contribution is 0.0657. The maximum atomic E-state index is 10.8. The van der Waals surface area contributed by atoms with Gasteiger partial charge in [-0.25, -0.2) is 9.59 Å². The summed E-state index contributed by atoms with van der Waals surface area (Å²) in [6, 6.07) is 11.0. The molecule has 106 valence electrons. The fourth-order valence-electron chi connectivity index (χ4n) is 1.88. The first-order valence-corrected chi connectivity index (χ1v) is 6.06. The molecule has 2 N–H and O–H groups in total. The van der Waals surface area contributed by atoms with Gasteiger partial charge in [0.25, 0.3) is 0 Å². The van der Waals surface area contributed by atoms with E-state index in [1.807, 2.05) is 0 Å². The third-order valence-electron chi connectivity index (χ3n) is 2.98. The second kappa shape index (κ2) is 5.92. The molecule has 0 saturated carbocycles. The minimum atomic E-state index is -1.19. The van der Waals surface area contributed by atoms with E-state index in [2.05, 4.69) is 6.07 Å². The van der Waals surface area contributed by atoms with E-state index in [0.29, 0.717) is 6.42 Å². The van der Waals surface area contributed by atoms with Crippen LogP contribution in [-0.4, -0.2) is 22.2 Å². The zero-order chi connectivity index (χ0) is 15.4. The smallest absolute Gasteiger partial charge is 0.371 e. The van der Waals surface area contributed by atoms with Crippen molar-refractivity contribution in [3.63, 3.8) is 0 Å². The van der Waals surface area contributed by atoms with Crippen LogP contribution in [0.2, 0.25) is 0 Å². The standard InChI is InChI=1S/C15H11NO5/c16-8-11(12-5-6-13(21-12)15(19)20)7-9-1-3-10(4-2-9)14(17)18/h1-6,11H,7H2,(H,17,18)(H,19,20). The lowest BCUT2D eigenvalue weighted by atomic mass is 9.97. The van der Waals surface area contributed by atoms with Crippen molar-refractivity contribution < 1.29 is 24.2 Å². The average molecular weight is 285 g/mol. The Labute approximate surface area is 119 Å². The lowest BCUT2D eigenvalue weighted by Gasteiger charge is -2.06. The molecule has 1 atom stereocenters. The van der Waals surface area contributed by atoms with Gasteiger partial charge in [-0.05, 0) is 36.2 Å². The molecular weight excluding hydrogens is 274 g/mol. The minimum Gasteiger partial charge on any atom is -0.478 e. The van der Waals surface area contributed by atoms with Crippen molar-refractivity contribution in [2.45, 2.75) is 12.3 Å². The van der Waals surface area contributed by atoms with Gasteiger partial charge in [-0.15, -0.1) is 0 Å². The van der Waals surface area contributed by atoms with Crippen molar-refractivity contribution in [3.05, 3.63) is 59.0 Å². The van der Waals surface area contributed by atoms with Gasteiger partial charge in [0.1, 0.15) is 11.7 Å². The third-order valence-corrected chi connectivity index (χ3v) is 2.98. The molecule has 1 aromatic carbocycles. The Bertz CT molecular complexity index is 708. The highest BCUT2D eigenvalue weighted by Crippen LogP contribution is 2.23. The number of aromatic carboxylic acids is 2. The molecule has 0 aliphatic heterocycles. The maximum absolute atomic E-state index is 10.8. The predicted octanol–water partition coefficient (Wildman–Crippen LogP) is 2.53. The molecule has 0 aliphatic carbocycles. The molecule has 6 nitrogen and oxygen atoms in total. The van der Waals surface area contributed by atoms with Crippen molar-refractivity contribution in [3.8, 4) is 6.07 Å². The molecule has 21 heavy (non-hydrogen) atoms. The molecule has 0 spiro atoms. The highest BCUT2D eigenvalue weighted by Gasteiger charge is 2.18. The zero-order valence-corrected chi connectivity index (χ0v) is 10.8. The molecule has 0 radical (unpaired) electrons. The molecule has 1 aromatic heterocycles. The number of rotatable bonds is 5. The van der Waals surface area contributed by atoms with Gasteiger partial charge in [-0.1, -0.05) is 12.1 Å². The number of benzene rings is 1. The number of carbonyl (C=O) groups is 2. The van der Waals surface area contributed by atoms with Gasteiger partial charge in [-0.3, -0.25) is 0 Å². The molecule has 0 fully saturated rings. The first kappa shape index (κ1) is 14.3. The van der Waals surface area contributed by atoms with Gasteiger partial charge in [0.15, 0.2) is 0 Å². The van der Waals surface area contributed by atoms with Gasteiger partial charge in [0.2, 0.25) is 5.76 Å². The summed E-state index contributed by atoms with van der Waals surface area (Å²) < 4.78 is 5.12. The van der Waals surface area contributed by atoms with E-state index in [9.17, 15) is 14.9 Å². The van der Waals surface area contributed by atoms with Crippen LogP contribution in [0.4, 0.5) is 0 Å². The SMILES string of the molecule is N#CC(Cc1ccc(C(=O)O)cc1)c1ccc(C(=O)O)o1. The van der Waals surface area contributed by atoms with Gasteiger partial charge < -0.3 is 14.6 Å². The zero-order valence-electron chi connectivity index (χ0n) is 10.8. The van der Waals surface area contributed by atoms with E-state index >= 15 is 0 Å². The van der Waals surface area contributed by atoms with Gasteiger partial charge in [-0.2, -0.15) is 5.26 Å². The topological polar surface area (TPSA) is 112 Å². The number of hydrogen-bond donors (Lipinski definition) is 2. The highest BCUT2D eigenvalue weighted by atomic mass is 16.4. The van der Waals surface area contributed by atoms with Gasteiger partial charge in [0, 0.05) is 0 Å². The second-order valence-electron chi connectivity index (χ2n) is 4.40. The summed E-state index contributed by atoms with van der Waals surface area (Å²) in [5.41, 5.74) is 0.929. The van der Waals surface area contributed by atoms with Crippen LogP contribution in [0.3, 0.4) is 0 Å². The van der Waals surface area contributed by atoms with Crippen molar-refractivity contribution in [1.29, 1.82) is 5.26 Å². The van der Waals surface area contributed by atoms with E-state index < -0.39 is 17.9 Å². The summed E-state index contributed by atoms with van der Waals surface area (Å²) in [6.45, 7) is 0. The normalized spacial score (nSPS) is 11.6. The molecule has 0 saturated heterocycles. The van der Waals surface area contributed by atoms with Crippen LogP contribution >= 0.6 is 0 Å². The fraction of sp³-hybridized carbons (Fsp3) is 0.133. The maximum Gasteiger partial charge on any atom is 0.371 e. The minimum absolute atomic E-state index is 0.165. The number of furan rings is 1. The van der Waals surface area contributed by atoms with Crippen LogP contribution in [0, 0.1) is 11.3 Å². The summed E-state index contributed by atoms with van der Waals surface area (Å²) in [5, 5.41) is 26.8. The molecule has 0 bridgehead atoms. The van der Waals surface area contributed by atoms with Crippen LogP contribution in [-0.2, 0) is 6.42 Å².